The Balaban J connectivity index is 1.32. The molecule has 1 aromatic carbocycles. The van der Waals surface area contributed by atoms with Gasteiger partial charge in [0.25, 0.3) is 0 Å². The fraction of sp³-hybridized carbons (Fsp3) is 0.292. The molecule has 0 bridgehead atoms. The summed E-state index contributed by atoms with van der Waals surface area (Å²) in [6, 6.07) is 12.5. The minimum atomic E-state index is 0.596. The number of anilines is 2. The first-order valence-electron chi connectivity index (χ1n) is 10.6. The number of fused-ring (bicyclic) bond motifs is 1. The Kier molecular flexibility index (Phi) is 5.15. The largest absolute Gasteiger partial charge is 0.345 e. The second-order valence-electron chi connectivity index (χ2n) is 7.94. The van der Waals surface area contributed by atoms with Gasteiger partial charge in [-0.15, -0.1) is 0 Å². The van der Waals surface area contributed by atoms with E-state index in [1.54, 1.807) is 12.4 Å². The van der Waals surface area contributed by atoms with Crippen molar-refractivity contribution in [1.82, 2.24) is 24.8 Å². The molecule has 2 N–H and O–H groups in total. The molecule has 4 heterocycles. The van der Waals surface area contributed by atoms with Crippen molar-refractivity contribution < 1.29 is 0 Å². The SMILES string of the molecule is Cc1cc(CCN2CCCC2)ccc1Nc1nccc(-c2c[nH]c3ncccc23)n1. The predicted molar refractivity (Wildman–Crippen MR) is 121 cm³/mol. The minimum Gasteiger partial charge on any atom is -0.345 e. The number of hydrogen-bond donors (Lipinski definition) is 2. The number of aromatic amines is 1. The van der Waals surface area contributed by atoms with Crippen molar-refractivity contribution in [3.05, 3.63) is 66.1 Å². The third-order valence-corrected chi connectivity index (χ3v) is 5.84. The topological polar surface area (TPSA) is 69.7 Å². The maximum atomic E-state index is 4.74. The number of hydrogen-bond acceptors (Lipinski definition) is 5. The highest BCUT2D eigenvalue weighted by molar-refractivity contribution is 5.92. The molecule has 0 amide bonds. The van der Waals surface area contributed by atoms with Crippen molar-refractivity contribution >= 4 is 22.7 Å². The third kappa shape index (κ3) is 3.91. The molecule has 4 aromatic rings. The number of benzene rings is 1. The van der Waals surface area contributed by atoms with E-state index in [1.807, 2.05) is 24.4 Å². The second kappa shape index (κ2) is 8.24. The molecule has 30 heavy (non-hydrogen) atoms. The molecule has 0 radical (unpaired) electrons. The first kappa shape index (κ1) is 18.8. The summed E-state index contributed by atoms with van der Waals surface area (Å²) < 4.78 is 0. The van der Waals surface area contributed by atoms with E-state index in [2.05, 4.69) is 50.3 Å². The lowest BCUT2D eigenvalue weighted by Gasteiger charge is -2.15. The van der Waals surface area contributed by atoms with Gasteiger partial charge in [-0.25, -0.2) is 15.0 Å². The summed E-state index contributed by atoms with van der Waals surface area (Å²) in [7, 11) is 0. The highest BCUT2D eigenvalue weighted by atomic mass is 15.1. The zero-order valence-electron chi connectivity index (χ0n) is 17.2. The molecule has 5 rings (SSSR count). The van der Waals surface area contributed by atoms with E-state index >= 15 is 0 Å². The van der Waals surface area contributed by atoms with Crippen LogP contribution in [0.3, 0.4) is 0 Å². The van der Waals surface area contributed by atoms with Crippen LogP contribution in [0.2, 0.25) is 0 Å². The van der Waals surface area contributed by atoms with E-state index in [0.29, 0.717) is 5.95 Å². The number of aromatic nitrogens is 4. The van der Waals surface area contributed by atoms with Gasteiger partial charge >= 0.3 is 0 Å². The van der Waals surface area contributed by atoms with Crippen LogP contribution in [0, 0.1) is 6.92 Å². The normalized spacial score (nSPS) is 14.4. The average Bonchev–Trinajstić information content (AvgIpc) is 3.44. The summed E-state index contributed by atoms with van der Waals surface area (Å²) in [5.74, 6) is 0.596. The summed E-state index contributed by atoms with van der Waals surface area (Å²) in [4.78, 5) is 19.3. The fourth-order valence-electron chi connectivity index (χ4n) is 4.17. The number of likely N-dealkylation sites (tertiary alicyclic amines) is 1. The molecule has 6 nitrogen and oxygen atoms in total. The van der Waals surface area contributed by atoms with Crippen LogP contribution in [-0.2, 0) is 6.42 Å². The van der Waals surface area contributed by atoms with Crippen LogP contribution in [0.4, 0.5) is 11.6 Å². The molecule has 0 spiro atoms. The van der Waals surface area contributed by atoms with Gasteiger partial charge in [0.2, 0.25) is 5.95 Å². The van der Waals surface area contributed by atoms with E-state index in [9.17, 15) is 0 Å². The number of pyridine rings is 1. The van der Waals surface area contributed by atoms with Gasteiger partial charge in [-0.1, -0.05) is 12.1 Å². The summed E-state index contributed by atoms with van der Waals surface area (Å²) >= 11 is 0. The Labute approximate surface area is 176 Å². The van der Waals surface area contributed by atoms with Gasteiger partial charge in [0.15, 0.2) is 0 Å². The highest BCUT2D eigenvalue weighted by Crippen LogP contribution is 2.27. The summed E-state index contributed by atoms with van der Waals surface area (Å²) in [6.07, 6.45) is 9.31. The summed E-state index contributed by atoms with van der Waals surface area (Å²) in [5, 5.41) is 4.44. The molecular formula is C24H26N6. The van der Waals surface area contributed by atoms with Crippen molar-refractivity contribution in [2.24, 2.45) is 0 Å². The average molecular weight is 399 g/mol. The molecule has 6 heteroatoms. The molecule has 1 aliphatic rings. The van der Waals surface area contributed by atoms with Crippen LogP contribution >= 0.6 is 0 Å². The first-order chi connectivity index (χ1) is 14.8. The molecule has 152 valence electrons. The fourth-order valence-corrected chi connectivity index (χ4v) is 4.17. The van der Waals surface area contributed by atoms with E-state index in [4.69, 9.17) is 4.98 Å². The lowest BCUT2D eigenvalue weighted by molar-refractivity contribution is 0.343. The Morgan fingerprint density at radius 1 is 1.07 bits per heavy atom. The summed E-state index contributed by atoms with van der Waals surface area (Å²) in [5.41, 5.74) is 6.38. The Morgan fingerprint density at radius 2 is 1.97 bits per heavy atom. The van der Waals surface area contributed by atoms with Crippen molar-refractivity contribution in [3.8, 4) is 11.3 Å². The second-order valence-corrected chi connectivity index (χ2v) is 7.94. The molecule has 1 saturated heterocycles. The van der Waals surface area contributed by atoms with E-state index in [1.165, 1.54) is 37.1 Å². The van der Waals surface area contributed by atoms with Crippen LogP contribution < -0.4 is 5.32 Å². The van der Waals surface area contributed by atoms with Crippen LogP contribution in [0.25, 0.3) is 22.3 Å². The van der Waals surface area contributed by atoms with Gasteiger partial charge in [0, 0.05) is 41.8 Å². The maximum absolute atomic E-state index is 4.74. The minimum absolute atomic E-state index is 0.596. The van der Waals surface area contributed by atoms with Gasteiger partial charge in [-0.3, -0.25) is 0 Å². The van der Waals surface area contributed by atoms with Gasteiger partial charge in [-0.2, -0.15) is 0 Å². The number of rotatable bonds is 6. The van der Waals surface area contributed by atoms with E-state index in [-0.39, 0.29) is 0 Å². The number of nitrogens with one attached hydrogen (secondary N) is 2. The molecule has 0 saturated carbocycles. The Morgan fingerprint density at radius 3 is 2.83 bits per heavy atom. The maximum Gasteiger partial charge on any atom is 0.227 e. The number of aryl methyl sites for hydroxylation is 1. The lowest BCUT2D eigenvalue weighted by atomic mass is 10.1. The smallest absolute Gasteiger partial charge is 0.227 e. The lowest BCUT2D eigenvalue weighted by Crippen LogP contribution is -2.21. The van der Waals surface area contributed by atoms with Gasteiger partial charge in [0.1, 0.15) is 5.65 Å². The molecule has 3 aromatic heterocycles. The van der Waals surface area contributed by atoms with Gasteiger partial charge in [0.05, 0.1) is 5.69 Å². The van der Waals surface area contributed by atoms with E-state index < -0.39 is 0 Å². The number of H-pyrrole nitrogens is 1. The molecule has 1 aliphatic heterocycles. The zero-order valence-corrected chi connectivity index (χ0v) is 17.2. The van der Waals surface area contributed by atoms with Gasteiger partial charge < -0.3 is 15.2 Å². The van der Waals surface area contributed by atoms with Crippen molar-refractivity contribution in [2.45, 2.75) is 26.2 Å². The van der Waals surface area contributed by atoms with Crippen LogP contribution in [0.15, 0.2) is 55.0 Å². The Bertz CT molecular complexity index is 1160. The Hall–Kier alpha value is -3.25. The van der Waals surface area contributed by atoms with E-state index in [0.717, 1.165) is 40.9 Å². The standard InChI is InChI=1S/C24H26N6/c1-17-15-18(9-14-30-12-2-3-13-30)6-7-21(17)28-24-26-11-8-22(29-24)20-16-27-23-19(20)5-4-10-25-23/h4-8,10-11,15-16H,2-3,9,12-14H2,1H3,(H,25,27)(H,26,28,29). The molecule has 0 aliphatic carbocycles. The quantitative estimate of drug-likeness (QED) is 0.492. The first-order valence-corrected chi connectivity index (χ1v) is 10.6. The van der Waals surface area contributed by atoms with Crippen LogP contribution in [0.5, 0.6) is 0 Å². The monoisotopic (exact) mass is 398 g/mol. The zero-order chi connectivity index (χ0) is 20.3. The van der Waals surface area contributed by atoms with Crippen molar-refractivity contribution in [3.63, 3.8) is 0 Å². The van der Waals surface area contributed by atoms with Crippen molar-refractivity contribution in [2.75, 3.05) is 25.0 Å². The summed E-state index contributed by atoms with van der Waals surface area (Å²) in [6.45, 7) is 5.78. The highest BCUT2D eigenvalue weighted by Gasteiger charge is 2.12. The predicted octanol–water partition coefficient (Wildman–Crippen LogP) is 4.71. The van der Waals surface area contributed by atoms with Crippen molar-refractivity contribution in [1.29, 1.82) is 0 Å². The number of nitrogens with zero attached hydrogens (tertiary/aromatic N) is 4. The van der Waals surface area contributed by atoms with Crippen LogP contribution in [-0.4, -0.2) is 44.5 Å². The third-order valence-electron chi connectivity index (χ3n) is 5.84. The molecule has 1 fully saturated rings. The van der Waals surface area contributed by atoms with Gasteiger partial charge in [-0.05, 0) is 74.7 Å². The molecular weight excluding hydrogens is 372 g/mol. The molecule has 0 atom stereocenters. The molecule has 0 unspecified atom stereocenters. The van der Waals surface area contributed by atoms with Crippen LogP contribution in [0.1, 0.15) is 24.0 Å².